The predicted molar refractivity (Wildman–Crippen MR) is 225 cm³/mol. The van der Waals surface area contributed by atoms with Gasteiger partial charge in [0.05, 0.1) is 28.6 Å². The van der Waals surface area contributed by atoms with Crippen molar-refractivity contribution in [2.24, 2.45) is 11.8 Å². The van der Waals surface area contributed by atoms with Gasteiger partial charge in [-0.2, -0.15) is 4.31 Å². The highest BCUT2D eigenvalue weighted by Crippen LogP contribution is 2.50. The molecule has 1 saturated heterocycles. The fraction of sp³-hybridized carbons (Fsp3) is 0.386. The molecule has 4 aromatic carbocycles. The molecule has 1 aliphatic rings. The Bertz CT molecular complexity index is 2230. The van der Waals surface area contributed by atoms with Gasteiger partial charge in [0.25, 0.3) is 0 Å². The number of sulfonamides is 2. The van der Waals surface area contributed by atoms with Gasteiger partial charge in [0, 0.05) is 49.6 Å². The zero-order valence-corrected chi connectivity index (χ0v) is 36.0. The minimum atomic E-state index is -4.01. The third kappa shape index (κ3) is 11.3. The van der Waals surface area contributed by atoms with Crippen LogP contribution in [0.15, 0.2) is 119 Å². The van der Waals surface area contributed by atoms with Gasteiger partial charge in [0.2, 0.25) is 20.0 Å². The molecule has 0 bridgehead atoms. The summed E-state index contributed by atoms with van der Waals surface area (Å²) in [6.45, 7) is 10.4. The van der Waals surface area contributed by atoms with E-state index in [1.807, 2.05) is 49.4 Å². The van der Waals surface area contributed by atoms with Crippen LogP contribution in [0, 0.1) is 11.8 Å². The number of ether oxygens (including phenoxy) is 3. The summed E-state index contributed by atoms with van der Waals surface area (Å²) in [6, 6.07) is 27.7. The molecule has 0 saturated carbocycles. The minimum absolute atomic E-state index is 0.00641. The topological polar surface area (TPSA) is 140 Å². The lowest BCUT2D eigenvalue weighted by molar-refractivity contribution is -0.139. The summed E-state index contributed by atoms with van der Waals surface area (Å²) >= 11 is 5.96. The molecule has 11 nitrogen and oxygen atoms in total. The molecular formula is C44H53ClN2O9S2. The molecule has 0 radical (unpaired) electrons. The number of nitrogens with zero attached hydrogens (tertiary/aromatic N) is 2. The number of halogens is 1. The molecular weight excluding hydrogens is 800 g/mol. The van der Waals surface area contributed by atoms with E-state index >= 15 is 0 Å². The average Bonchev–Trinajstić information content (AvgIpc) is 3.19. The molecule has 1 fully saturated rings. The van der Waals surface area contributed by atoms with Gasteiger partial charge in [-0.3, -0.25) is 0 Å². The number of carbonyl (C=O) groups is 1. The lowest BCUT2D eigenvalue weighted by Crippen LogP contribution is -2.37. The highest BCUT2D eigenvalue weighted by Gasteiger charge is 2.42. The molecule has 312 valence electrons. The van der Waals surface area contributed by atoms with Gasteiger partial charge in [-0.05, 0) is 97.8 Å². The lowest BCUT2D eigenvalue weighted by Gasteiger charge is -2.43. The van der Waals surface area contributed by atoms with Gasteiger partial charge in [-0.15, -0.1) is 0 Å². The van der Waals surface area contributed by atoms with E-state index < -0.39 is 38.7 Å². The van der Waals surface area contributed by atoms with E-state index in [2.05, 4.69) is 20.4 Å². The molecule has 5 rings (SSSR count). The Balaban J connectivity index is 1.41. The number of rotatable bonds is 19. The maximum Gasteiger partial charge on any atom is 0.341 e. The number of hydrogen-bond donors (Lipinski definition) is 1. The molecule has 0 unspecified atom stereocenters. The van der Waals surface area contributed by atoms with E-state index in [1.165, 1.54) is 33.9 Å². The third-order valence-corrected chi connectivity index (χ3v) is 14.2. The first-order chi connectivity index (χ1) is 27.5. The highest BCUT2D eigenvalue weighted by atomic mass is 35.5. The van der Waals surface area contributed by atoms with Crippen LogP contribution in [0.25, 0.3) is 0 Å². The minimum Gasteiger partial charge on any atom is -0.494 e. The highest BCUT2D eigenvalue weighted by molar-refractivity contribution is 7.89. The fourth-order valence-corrected chi connectivity index (χ4v) is 9.72. The van der Waals surface area contributed by atoms with Crippen molar-refractivity contribution in [1.82, 2.24) is 8.61 Å². The molecule has 1 heterocycles. The van der Waals surface area contributed by atoms with E-state index in [0.29, 0.717) is 35.6 Å². The molecule has 0 aromatic heterocycles. The van der Waals surface area contributed by atoms with Crippen LogP contribution < -0.4 is 9.47 Å². The zero-order valence-electron chi connectivity index (χ0n) is 33.6. The average molecular weight is 853 g/mol. The SMILES string of the molecule is C=C(C)[C@@H]1C[C@@H](c2ccc(S(=O)(=O)N(C)Cc3ccccc3)cc2)[C@@H](CC(C)C)O[C@H]1c1cc(S(=O)(=O)N(C)CCCOc2ccc(Cl)cc2)ccc1OCC(=O)O. The first kappa shape index (κ1) is 44.9. The molecule has 4 atom stereocenters. The zero-order chi connectivity index (χ0) is 42.2. The number of aliphatic carboxylic acids is 1. The van der Waals surface area contributed by atoms with E-state index in [-0.39, 0.29) is 59.1 Å². The Morgan fingerprint density at radius 2 is 1.53 bits per heavy atom. The summed E-state index contributed by atoms with van der Waals surface area (Å²) in [5.41, 5.74) is 2.98. The molecule has 58 heavy (non-hydrogen) atoms. The first-order valence-electron chi connectivity index (χ1n) is 19.2. The van der Waals surface area contributed by atoms with E-state index in [1.54, 1.807) is 43.4 Å². The standard InChI is InChI=1S/C44H53ClN2O9S2/c1-30(2)25-42-39(33-13-19-36(20-14-33)57(50,51)47(6)28-32-11-8-7-9-12-32)27-38(31(3)4)44(56-42)40-26-37(21-22-41(40)55-29-43(48)49)58(52,53)46(5)23-10-24-54-35-17-15-34(45)16-18-35/h7-9,11-22,26,30,38-39,42,44H,3,10,23-25,27-29H2,1-2,4-6H3,(H,48,49)/t38-,39-,42+,44+/m0/s1. The second-order valence-corrected chi connectivity index (χ2v) is 19.7. The van der Waals surface area contributed by atoms with Crippen molar-refractivity contribution in [3.05, 3.63) is 131 Å². The molecule has 1 aliphatic heterocycles. The second kappa shape index (κ2) is 19.7. The van der Waals surface area contributed by atoms with E-state index in [9.17, 15) is 26.7 Å². The van der Waals surface area contributed by atoms with Gasteiger partial charge >= 0.3 is 5.97 Å². The van der Waals surface area contributed by atoms with Crippen molar-refractivity contribution >= 4 is 37.6 Å². The lowest BCUT2D eigenvalue weighted by atomic mass is 9.74. The summed E-state index contributed by atoms with van der Waals surface area (Å²) in [4.78, 5) is 11.8. The number of carboxylic acids is 1. The van der Waals surface area contributed by atoms with Crippen molar-refractivity contribution in [2.45, 2.75) is 74.5 Å². The Kier molecular flexibility index (Phi) is 15.2. The predicted octanol–water partition coefficient (Wildman–Crippen LogP) is 8.57. The smallest absolute Gasteiger partial charge is 0.341 e. The van der Waals surface area contributed by atoms with Gasteiger partial charge in [0.15, 0.2) is 6.61 Å². The molecule has 0 amide bonds. The van der Waals surface area contributed by atoms with Crippen molar-refractivity contribution in [1.29, 1.82) is 0 Å². The number of benzene rings is 4. The Labute approximate surface area is 348 Å². The van der Waals surface area contributed by atoms with Crippen LogP contribution in [0.4, 0.5) is 0 Å². The van der Waals surface area contributed by atoms with Crippen molar-refractivity contribution in [3.63, 3.8) is 0 Å². The van der Waals surface area contributed by atoms with Crippen LogP contribution in [0.5, 0.6) is 11.5 Å². The normalized spacial score (nSPS) is 18.7. The van der Waals surface area contributed by atoms with Crippen LogP contribution in [0.3, 0.4) is 0 Å². The summed E-state index contributed by atoms with van der Waals surface area (Å²) in [5.74, 6) is -0.627. The Morgan fingerprint density at radius 3 is 2.16 bits per heavy atom. The molecule has 0 aliphatic carbocycles. The van der Waals surface area contributed by atoms with Gasteiger partial charge in [0.1, 0.15) is 11.5 Å². The Hall–Kier alpha value is -4.24. The van der Waals surface area contributed by atoms with Gasteiger partial charge in [-0.25, -0.2) is 25.9 Å². The molecule has 1 N–H and O–H groups in total. The van der Waals surface area contributed by atoms with Crippen molar-refractivity contribution in [2.75, 3.05) is 33.9 Å². The molecule has 0 spiro atoms. The van der Waals surface area contributed by atoms with Gasteiger partial charge in [-0.1, -0.05) is 80.1 Å². The Morgan fingerprint density at radius 1 is 0.897 bits per heavy atom. The van der Waals surface area contributed by atoms with E-state index in [4.69, 9.17) is 25.8 Å². The monoisotopic (exact) mass is 852 g/mol. The van der Waals surface area contributed by atoms with Crippen molar-refractivity contribution < 1.29 is 40.9 Å². The molecule has 14 heteroatoms. The second-order valence-electron chi connectivity index (χ2n) is 15.2. The summed E-state index contributed by atoms with van der Waals surface area (Å²) < 4.78 is 76.1. The number of hydrogen-bond acceptors (Lipinski definition) is 8. The maximum atomic E-state index is 14.0. The van der Waals surface area contributed by atoms with Crippen LogP contribution >= 0.6 is 11.6 Å². The van der Waals surface area contributed by atoms with Gasteiger partial charge < -0.3 is 19.3 Å². The summed E-state index contributed by atoms with van der Waals surface area (Å²) in [6.07, 6.45) is 0.541. The van der Waals surface area contributed by atoms with Crippen LogP contribution in [0.1, 0.15) is 68.7 Å². The third-order valence-electron chi connectivity index (χ3n) is 10.3. The maximum absolute atomic E-state index is 14.0. The van der Waals surface area contributed by atoms with E-state index in [0.717, 1.165) is 16.7 Å². The largest absolute Gasteiger partial charge is 0.494 e. The first-order valence-corrected chi connectivity index (χ1v) is 22.5. The fourth-order valence-electron chi connectivity index (χ4n) is 7.19. The number of carboxylic acid groups (broad SMARTS) is 1. The quantitative estimate of drug-likeness (QED) is 0.0726. The van der Waals surface area contributed by atoms with Crippen LogP contribution in [-0.4, -0.2) is 76.5 Å². The molecule has 4 aromatic rings. The summed E-state index contributed by atoms with van der Waals surface area (Å²) in [7, 11) is -4.72. The van der Waals surface area contributed by atoms with Crippen LogP contribution in [0.2, 0.25) is 5.02 Å². The van der Waals surface area contributed by atoms with Crippen molar-refractivity contribution in [3.8, 4) is 11.5 Å². The van der Waals surface area contributed by atoms with Crippen LogP contribution in [-0.2, 0) is 36.1 Å². The summed E-state index contributed by atoms with van der Waals surface area (Å²) in [5, 5.41) is 10.1.